The normalized spacial score (nSPS) is 22.9. The van der Waals surface area contributed by atoms with Gasteiger partial charge in [-0.1, -0.05) is 67.4 Å². The number of halogens is 2. The maximum absolute atomic E-state index is 14.3. The van der Waals surface area contributed by atoms with Crippen molar-refractivity contribution in [3.63, 3.8) is 0 Å². The van der Waals surface area contributed by atoms with Crippen molar-refractivity contribution in [3.8, 4) is 0 Å². The number of aryl methyl sites for hydroxylation is 1. The zero-order valence-electron chi connectivity index (χ0n) is 20.6. The highest BCUT2D eigenvalue weighted by Crippen LogP contribution is 2.54. The summed E-state index contributed by atoms with van der Waals surface area (Å²) >= 11 is 12.6. The Kier molecular flexibility index (Phi) is 7.72. The molecule has 5 nitrogen and oxygen atoms in total. The number of hydrogen-bond acceptors (Lipinski definition) is 3. The lowest BCUT2D eigenvalue weighted by molar-refractivity contribution is -0.161. The second kappa shape index (κ2) is 10.6. The van der Waals surface area contributed by atoms with Gasteiger partial charge in [-0.05, 0) is 67.3 Å². The summed E-state index contributed by atoms with van der Waals surface area (Å²) in [6.07, 6.45) is 0.738. The topological polar surface area (TPSA) is 70.5 Å². The molecule has 0 aliphatic carbocycles. The Labute approximate surface area is 222 Å². The van der Waals surface area contributed by atoms with Crippen LogP contribution in [0, 0.1) is 12.3 Å². The van der Waals surface area contributed by atoms with E-state index in [1.807, 2.05) is 85.5 Å². The van der Waals surface area contributed by atoms with E-state index in [1.54, 1.807) is 6.92 Å². The van der Waals surface area contributed by atoms with Crippen molar-refractivity contribution in [1.82, 2.24) is 9.88 Å². The molecule has 1 fully saturated rings. The van der Waals surface area contributed by atoms with Crippen LogP contribution in [0.4, 0.5) is 0 Å². The summed E-state index contributed by atoms with van der Waals surface area (Å²) in [5.74, 6) is -1.37. The monoisotopic (exact) mass is 524 g/mol. The Bertz CT molecular complexity index is 1260. The van der Waals surface area contributed by atoms with E-state index >= 15 is 0 Å². The Morgan fingerprint density at radius 2 is 1.78 bits per heavy atom. The third kappa shape index (κ3) is 5.28. The molecule has 1 saturated heterocycles. The Morgan fingerprint density at radius 1 is 1.08 bits per heavy atom. The van der Waals surface area contributed by atoms with Crippen molar-refractivity contribution in [2.75, 3.05) is 0 Å². The summed E-state index contributed by atoms with van der Waals surface area (Å²) in [4.78, 5) is 32.9. The van der Waals surface area contributed by atoms with E-state index in [-0.39, 0.29) is 30.3 Å². The average Bonchev–Trinajstić information content (AvgIpc) is 2.82. The van der Waals surface area contributed by atoms with Gasteiger partial charge in [0.05, 0.1) is 29.6 Å². The minimum absolute atomic E-state index is 0.182. The average molecular weight is 525 g/mol. The quantitative estimate of drug-likeness (QED) is 0.349. The fourth-order valence-electron chi connectivity index (χ4n) is 5.52. The van der Waals surface area contributed by atoms with Gasteiger partial charge in [0, 0.05) is 21.7 Å². The second-order valence-electron chi connectivity index (χ2n) is 9.83. The van der Waals surface area contributed by atoms with Crippen LogP contribution in [0.5, 0.6) is 0 Å². The lowest BCUT2D eigenvalue weighted by Gasteiger charge is -2.51. The molecule has 3 aromatic rings. The molecule has 7 heteroatoms. The summed E-state index contributed by atoms with van der Waals surface area (Å²) in [5, 5.41) is 11.0. The van der Waals surface area contributed by atoms with E-state index in [0.29, 0.717) is 22.9 Å². The molecule has 36 heavy (non-hydrogen) atoms. The number of hydrogen-bond donors (Lipinski definition) is 1. The molecule has 2 aromatic carbocycles. The Hall–Kier alpha value is -2.89. The van der Waals surface area contributed by atoms with E-state index < -0.39 is 11.4 Å². The molecule has 0 saturated carbocycles. The molecule has 0 spiro atoms. The number of aromatic nitrogens is 1. The van der Waals surface area contributed by atoms with Crippen molar-refractivity contribution >= 4 is 35.1 Å². The number of rotatable bonds is 7. The molecule has 1 aromatic heterocycles. The molecule has 4 rings (SSSR count). The van der Waals surface area contributed by atoms with E-state index in [9.17, 15) is 14.7 Å². The van der Waals surface area contributed by atoms with Gasteiger partial charge >= 0.3 is 5.97 Å². The first-order valence-corrected chi connectivity index (χ1v) is 12.9. The van der Waals surface area contributed by atoms with Crippen LogP contribution in [0.2, 0.25) is 10.0 Å². The van der Waals surface area contributed by atoms with Crippen LogP contribution in [0.25, 0.3) is 0 Å². The smallest absolute Gasteiger partial charge is 0.304 e. The number of amides is 1. The first-order valence-electron chi connectivity index (χ1n) is 12.1. The highest BCUT2D eigenvalue weighted by Gasteiger charge is 2.52. The van der Waals surface area contributed by atoms with E-state index in [4.69, 9.17) is 28.2 Å². The van der Waals surface area contributed by atoms with Crippen LogP contribution >= 0.6 is 23.2 Å². The first kappa shape index (κ1) is 26.2. The van der Waals surface area contributed by atoms with Crippen LogP contribution in [-0.4, -0.2) is 26.9 Å². The van der Waals surface area contributed by atoms with Crippen LogP contribution in [0.3, 0.4) is 0 Å². The van der Waals surface area contributed by atoms with Crippen LogP contribution in [-0.2, 0) is 9.59 Å². The van der Waals surface area contributed by atoms with Gasteiger partial charge in [0.2, 0.25) is 5.91 Å². The number of piperidine rings is 1. The number of likely N-dealkylation sites (tertiary alicyclic amines) is 1. The molecule has 1 amide bonds. The Balaban J connectivity index is 1.96. The van der Waals surface area contributed by atoms with Gasteiger partial charge in [-0.25, -0.2) is 0 Å². The highest BCUT2D eigenvalue weighted by molar-refractivity contribution is 6.30. The number of carboxylic acids is 1. The summed E-state index contributed by atoms with van der Waals surface area (Å²) < 4.78 is 0. The van der Waals surface area contributed by atoms with Gasteiger partial charge in [-0.15, -0.1) is 0 Å². The predicted molar refractivity (Wildman–Crippen MR) is 142 cm³/mol. The predicted octanol–water partition coefficient (Wildman–Crippen LogP) is 7.39. The molecule has 1 aliphatic rings. The van der Waals surface area contributed by atoms with Crippen LogP contribution in [0.15, 0.2) is 66.7 Å². The van der Waals surface area contributed by atoms with E-state index in [1.165, 1.54) is 0 Å². The number of nitrogens with zero attached hydrogens (tertiary/aromatic N) is 2. The lowest BCUT2D eigenvalue weighted by Crippen LogP contribution is -2.53. The minimum atomic E-state index is -1.10. The van der Waals surface area contributed by atoms with Crippen molar-refractivity contribution in [2.45, 2.75) is 58.0 Å². The molecule has 0 bridgehead atoms. The molecular weight excluding hydrogens is 495 g/mol. The third-order valence-electron chi connectivity index (χ3n) is 7.11. The number of aliphatic carboxylic acids is 1. The van der Waals surface area contributed by atoms with Gasteiger partial charge < -0.3 is 10.0 Å². The van der Waals surface area contributed by atoms with Crippen LogP contribution in [0.1, 0.15) is 73.6 Å². The second-order valence-corrected chi connectivity index (χ2v) is 10.7. The highest BCUT2D eigenvalue weighted by atomic mass is 35.5. The lowest BCUT2D eigenvalue weighted by atomic mass is 9.67. The molecular formula is C29H30Cl2N2O3. The van der Waals surface area contributed by atoms with Gasteiger partial charge in [-0.3, -0.25) is 14.6 Å². The molecule has 1 aliphatic heterocycles. The third-order valence-corrected chi connectivity index (χ3v) is 7.59. The fraction of sp³-hybridized carbons (Fsp3) is 0.345. The number of carboxylic acid groups (broad SMARTS) is 1. The van der Waals surface area contributed by atoms with Crippen molar-refractivity contribution in [1.29, 1.82) is 0 Å². The number of benzene rings is 2. The molecule has 0 radical (unpaired) electrons. The van der Waals surface area contributed by atoms with Crippen molar-refractivity contribution in [2.24, 2.45) is 5.41 Å². The van der Waals surface area contributed by atoms with Crippen molar-refractivity contribution in [3.05, 3.63) is 99.3 Å². The summed E-state index contributed by atoms with van der Waals surface area (Å²) in [7, 11) is 0. The standard InChI is InChI=1S/C29H30Cl2N2O3/c1-4-25(24-10-5-7-18(2)32-24)33-27(19-11-13-21(30)14-12-19)23(20-8-6-9-22(31)15-20)16-29(3,28(33)36)17-26(34)35/h5-15,23,25,27H,4,16-17H2,1-3H3,(H,34,35)/t23?,25-,27+,29+/m0/s1. The summed E-state index contributed by atoms with van der Waals surface area (Å²) in [6, 6.07) is 20.3. The first-order chi connectivity index (χ1) is 17.1. The summed E-state index contributed by atoms with van der Waals surface area (Å²) in [5.41, 5.74) is 2.44. The zero-order chi connectivity index (χ0) is 26.0. The molecule has 4 atom stereocenters. The van der Waals surface area contributed by atoms with Gasteiger partial charge in [0.15, 0.2) is 0 Å². The number of carbonyl (C=O) groups is 2. The molecule has 1 unspecified atom stereocenters. The largest absolute Gasteiger partial charge is 0.481 e. The molecule has 188 valence electrons. The van der Waals surface area contributed by atoms with E-state index in [0.717, 1.165) is 22.5 Å². The van der Waals surface area contributed by atoms with E-state index in [2.05, 4.69) is 0 Å². The fourth-order valence-corrected chi connectivity index (χ4v) is 5.85. The SMILES string of the molecule is CC[C@@H](c1cccc(C)n1)N1C(=O)[C@@](C)(CC(=O)O)CC(c2cccc(Cl)c2)[C@H]1c1ccc(Cl)cc1. The maximum Gasteiger partial charge on any atom is 0.304 e. The van der Waals surface area contributed by atoms with Gasteiger partial charge in [0.25, 0.3) is 0 Å². The summed E-state index contributed by atoms with van der Waals surface area (Å²) in [6.45, 7) is 5.72. The van der Waals surface area contributed by atoms with Crippen LogP contribution < -0.4 is 0 Å². The number of carbonyl (C=O) groups excluding carboxylic acids is 1. The maximum atomic E-state index is 14.3. The van der Waals surface area contributed by atoms with Crippen molar-refractivity contribution < 1.29 is 14.7 Å². The van der Waals surface area contributed by atoms with Gasteiger partial charge in [0.1, 0.15) is 0 Å². The molecule has 2 heterocycles. The van der Waals surface area contributed by atoms with Gasteiger partial charge in [-0.2, -0.15) is 0 Å². The Morgan fingerprint density at radius 3 is 2.39 bits per heavy atom. The zero-order valence-corrected chi connectivity index (χ0v) is 22.1. The molecule has 1 N–H and O–H groups in total. The number of pyridine rings is 1. The minimum Gasteiger partial charge on any atom is -0.481 e.